The summed E-state index contributed by atoms with van der Waals surface area (Å²) in [5.41, 5.74) is 5.56. The summed E-state index contributed by atoms with van der Waals surface area (Å²) in [6, 6.07) is 17.1. The molecule has 0 aliphatic rings. The lowest BCUT2D eigenvalue weighted by atomic mass is 10.0. The highest BCUT2D eigenvalue weighted by Crippen LogP contribution is 2.33. The number of pyridine rings is 1. The average Bonchev–Trinajstić information content (AvgIpc) is 3.22. The Morgan fingerprint density at radius 2 is 2.07 bits per heavy atom. The molecule has 0 fully saturated rings. The summed E-state index contributed by atoms with van der Waals surface area (Å²) in [4.78, 5) is 19.4. The minimum Gasteiger partial charge on any atom is -0.497 e. The normalized spacial score (nSPS) is 10.4. The first-order valence-corrected chi connectivity index (χ1v) is 9.22. The van der Waals surface area contributed by atoms with E-state index in [-0.39, 0.29) is 5.91 Å². The maximum absolute atomic E-state index is 11.7. The number of ether oxygens (including phenoxy) is 1. The standard InChI is InChI=1S/C24H18N4O2/c1-3-23(29)28-19-8-17(9-20(11-19)30-2)18-10-21-22(14-27-24(21)26-13-18)16-6-4-5-15(7-16)12-25/h3-11,13-14H,1H2,2H3,(H,26,27)(H,28,29). The Hall–Kier alpha value is -4.37. The number of aromatic nitrogens is 2. The van der Waals surface area contributed by atoms with Crippen LogP contribution in [0.15, 0.2) is 73.6 Å². The van der Waals surface area contributed by atoms with Gasteiger partial charge in [0.1, 0.15) is 11.4 Å². The topological polar surface area (TPSA) is 90.8 Å². The number of benzene rings is 2. The Morgan fingerprint density at radius 1 is 1.20 bits per heavy atom. The van der Waals surface area contributed by atoms with E-state index in [1.165, 1.54) is 6.08 Å². The third kappa shape index (κ3) is 3.64. The predicted octanol–water partition coefficient (Wildman–Crippen LogP) is 4.90. The maximum atomic E-state index is 11.7. The zero-order valence-electron chi connectivity index (χ0n) is 16.3. The van der Waals surface area contributed by atoms with Crippen LogP contribution in [0.25, 0.3) is 33.3 Å². The van der Waals surface area contributed by atoms with Gasteiger partial charge in [0.15, 0.2) is 0 Å². The van der Waals surface area contributed by atoms with Crippen molar-refractivity contribution < 1.29 is 9.53 Å². The van der Waals surface area contributed by atoms with Crippen LogP contribution in [0.1, 0.15) is 5.56 Å². The Kier molecular flexibility index (Phi) is 5.02. The second-order valence-corrected chi connectivity index (χ2v) is 6.66. The molecule has 2 aromatic carbocycles. The number of nitriles is 1. The second kappa shape index (κ2) is 7.94. The van der Waals surface area contributed by atoms with Crippen molar-refractivity contribution in [3.63, 3.8) is 0 Å². The molecule has 30 heavy (non-hydrogen) atoms. The first kappa shape index (κ1) is 19.0. The van der Waals surface area contributed by atoms with Crippen molar-refractivity contribution in [2.75, 3.05) is 12.4 Å². The van der Waals surface area contributed by atoms with Gasteiger partial charge in [-0.3, -0.25) is 4.79 Å². The first-order chi connectivity index (χ1) is 14.6. The van der Waals surface area contributed by atoms with Crippen molar-refractivity contribution in [3.8, 4) is 34.1 Å². The summed E-state index contributed by atoms with van der Waals surface area (Å²) in [7, 11) is 1.58. The molecule has 0 saturated heterocycles. The summed E-state index contributed by atoms with van der Waals surface area (Å²) >= 11 is 0. The third-order valence-electron chi connectivity index (χ3n) is 4.76. The number of methoxy groups -OCH3 is 1. The van der Waals surface area contributed by atoms with Gasteiger partial charge in [-0.1, -0.05) is 18.7 Å². The van der Waals surface area contributed by atoms with Crippen molar-refractivity contribution in [1.82, 2.24) is 9.97 Å². The third-order valence-corrected chi connectivity index (χ3v) is 4.76. The van der Waals surface area contributed by atoms with E-state index >= 15 is 0 Å². The lowest BCUT2D eigenvalue weighted by Crippen LogP contribution is -2.07. The first-order valence-electron chi connectivity index (χ1n) is 9.22. The van der Waals surface area contributed by atoms with Crippen molar-refractivity contribution >= 4 is 22.6 Å². The van der Waals surface area contributed by atoms with Gasteiger partial charge in [-0.15, -0.1) is 0 Å². The van der Waals surface area contributed by atoms with Gasteiger partial charge < -0.3 is 15.0 Å². The molecule has 0 aliphatic heterocycles. The second-order valence-electron chi connectivity index (χ2n) is 6.66. The number of aromatic amines is 1. The number of nitrogens with one attached hydrogen (secondary N) is 2. The summed E-state index contributed by atoms with van der Waals surface area (Å²) in [6.45, 7) is 3.48. The zero-order chi connectivity index (χ0) is 21.1. The number of anilines is 1. The Balaban J connectivity index is 1.82. The lowest BCUT2D eigenvalue weighted by Gasteiger charge is -2.10. The van der Waals surface area contributed by atoms with E-state index in [9.17, 15) is 10.1 Å². The molecule has 0 unspecified atom stereocenters. The molecule has 0 saturated carbocycles. The van der Waals surface area contributed by atoms with Crippen LogP contribution in [0.5, 0.6) is 5.75 Å². The van der Waals surface area contributed by atoms with Crippen LogP contribution in [0.2, 0.25) is 0 Å². The molecule has 0 bridgehead atoms. The summed E-state index contributed by atoms with van der Waals surface area (Å²) in [6.07, 6.45) is 4.87. The number of amides is 1. The van der Waals surface area contributed by atoms with Gasteiger partial charge in [-0.25, -0.2) is 4.98 Å². The smallest absolute Gasteiger partial charge is 0.247 e. The minimum atomic E-state index is -0.298. The SMILES string of the molecule is C=CC(=O)Nc1cc(OC)cc(-c2cnc3[nH]cc(-c4cccc(C#N)c4)c3c2)c1. The van der Waals surface area contributed by atoms with E-state index in [2.05, 4.69) is 27.9 Å². The van der Waals surface area contributed by atoms with Crippen LogP contribution < -0.4 is 10.1 Å². The fourth-order valence-electron chi connectivity index (χ4n) is 3.31. The fourth-order valence-corrected chi connectivity index (χ4v) is 3.31. The molecular formula is C24H18N4O2. The number of nitrogens with zero attached hydrogens (tertiary/aromatic N) is 2. The molecule has 0 aliphatic carbocycles. The molecule has 2 heterocycles. The van der Waals surface area contributed by atoms with Crippen LogP contribution >= 0.6 is 0 Å². The van der Waals surface area contributed by atoms with Gasteiger partial charge in [0.2, 0.25) is 5.91 Å². The summed E-state index contributed by atoms with van der Waals surface area (Å²) < 4.78 is 5.39. The van der Waals surface area contributed by atoms with Gasteiger partial charge in [-0.2, -0.15) is 5.26 Å². The van der Waals surface area contributed by atoms with Crippen LogP contribution in [-0.4, -0.2) is 23.0 Å². The van der Waals surface area contributed by atoms with Crippen LogP contribution in [0.3, 0.4) is 0 Å². The van der Waals surface area contributed by atoms with Gasteiger partial charge in [0.25, 0.3) is 0 Å². The molecule has 4 rings (SSSR count). The quantitative estimate of drug-likeness (QED) is 0.471. The predicted molar refractivity (Wildman–Crippen MR) is 117 cm³/mol. The summed E-state index contributed by atoms with van der Waals surface area (Å²) in [5, 5.41) is 12.9. The number of carbonyl (C=O) groups excluding carboxylic acids is 1. The maximum Gasteiger partial charge on any atom is 0.247 e. The molecule has 0 spiro atoms. The number of fused-ring (bicyclic) bond motifs is 1. The largest absolute Gasteiger partial charge is 0.497 e. The van der Waals surface area contributed by atoms with Gasteiger partial charge in [0, 0.05) is 40.7 Å². The molecule has 6 nitrogen and oxygen atoms in total. The lowest BCUT2D eigenvalue weighted by molar-refractivity contribution is -0.111. The van der Waals surface area contributed by atoms with E-state index in [1.54, 1.807) is 25.4 Å². The van der Waals surface area contributed by atoms with Crippen LogP contribution in [-0.2, 0) is 4.79 Å². The van der Waals surface area contributed by atoms with Crippen molar-refractivity contribution in [3.05, 3.63) is 79.1 Å². The number of carbonyl (C=O) groups is 1. The monoisotopic (exact) mass is 394 g/mol. The van der Waals surface area contributed by atoms with E-state index in [1.807, 2.05) is 42.6 Å². The molecular weight excluding hydrogens is 376 g/mol. The number of hydrogen-bond acceptors (Lipinski definition) is 4. The molecule has 4 aromatic rings. The van der Waals surface area contributed by atoms with E-state index in [0.717, 1.165) is 33.3 Å². The van der Waals surface area contributed by atoms with Crippen molar-refractivity contribution in [1.29, 1.82) is 5.26 Å². The summed E-state index contributed by atoms with van der Waals surface area (Å²) in [5.74, 6) is 0.316. The Labute approximate surface area is 173 Å². The molecule has 0 radical (unpaired) electrons. The Bertz CT molecular complexity index is 1310. The Morgan fingerprint density at radius 3 is 2.83 bits per heavy atom. The zero-order valence-corrected chi connectivity index (χ0v) is 16.3. The number of rotatable bonds is 5. The molecule has 2 aromatic heterocycles. The number of hydrogen-bond donors (Lipinski definition) is 2. The highest BCUT2D eigenvalue weighted by atomic mass is 16.5. The van der Waals surface area contributed by atoms with Crippen LogP contribution in [0.4, 0.5) is 5.69 Å². The van der Waals surface area contributed by atoms with Gasteiger partial charge in [-0.05, 0) is 47.5 Å². The van der Waals surface area contributed by atoms with E-state index in [0.29, 0.717) is 17.0 Å². The highest BCUT2D eigenvalue weighted by Gasteiger charge is 2.11. The molecule has 146 valence electrons. The molecule has 1 amide bonds. The minimum absolute atomic E-state index is 0.298. The van der Waals surface area contributed by atoms with Crippen molar-refractivity contribution in [2.24, 2.45) is 0 Å². The fraction of sp³-hybridized carbons (Fsp3) is 0.0417. The molecule has 2 N–H and O–H groups in total. The highest BCUT2D eigenvalue weighted by molar-refractivity contribution is 6.00. The van der Waals surface area contributed by atoms with E-state index < -0.39 is 0 Å². The van der Waals surface area contributed by atoms with Crippen LogP contribution in [0, 0.1) is 11.3 Å². The van der Waals surface area contributed by atoms with Gasteiger partial charge >= 0.3 is 0 Å². The average molecular weight is 394 g/mol. The molecule has 0 atom stereocenters. The molecule has 6 heteroatoms. The van der Waals surface area contributed by atoms with E-state index in [4.69, 9.17) is 4.74 Å². The van der Waals surface area contributed by atoms with Crippen molar-refractivity contribution in [2.45, 2.75) is 0 Å². The van der Waals surface area contributed by atoms with Gasteiger partial charge in [0.05, 0.1) is 18.7 Å². The number of H-pyrrole nitrogens is 1.